The molecule has 0 unspecified atom stereocenters. The minimum atomic E-state index is -0.0955. The van der Waals surface area contributed by atoms with E-state index in [1.165, 1.54) is 32.0 Å². The van der Waals surface area contributed by atoms with Crippen LogP contribution in [0.5, 0.6) is 17.2 Å². The Kier molecular flexibility index (Phi) is 7.00. The first-order valence-corrected chi connectivity index (χ1v) is 11.2. The number of nitrogens with zero attached hydrogens (tertiary/aromatic N) is 1. The van der Waals surface area contributed by atoms with Crippen molar-refractivity contribution in [1.29, 1.82) is 0 Å². The van der Waals surface area contributed by atoms with Crippen molar-refractivity contribution in [2.75, 3.05) is 40.5 Å². The SMILES string of the molecule is COc1ccc(-c2cc(=O)c3ccc(OCCCN4CCC(C)CC4)cc3o2)cc1OC. The summed E-state index contributed by atoms with van der Waals surface area (Å²) in [6, 6.07) is 12.3. The van der Waals surface area contributed by atoms with Crippen molar-refractivity contribution in [3.05, 3.63) is 52.7 Å². The first-order valence-electron chi connectivity index (χ1n) is 11.2. The van der Waals surface area contributed by atoms with Crippen molar-refractivity contribution in [3.63, 3.8) is 0 Å². The maximum Gasteiger partial charge on any atom is 0.193 e. The zero-order valence-electron chi connectivity index (χ0n) is 19.1. The summed E-state index contributed by atoms with van der Waals surface area (Å²) in [6.45, 7) is 6.38. The van der Waals surface area contributed by atoms with Gasteiger partial charge >= 0.3 is 0 Å². The van der Waals surface area contributed by atoms with Gasteiger partial charge < -0.3 is 23.5 Å². The summed E-state index contributed by atoms with van der Waals surface area (Å²) in [4.78, 5) is 15.2. The van der Waals surface area contributed by atoms with Gasteiger partial charge in [0.05, 0.1) is 26.2 Å². The summed E-state index contributed by atoms with van der Waals surface area (Å²) in [7, 11) is 3.16. The Hall–Kier alpha value is -2.99. The standard InChI is InChI=1S/C26H31NO5/c1-18-9-12-27(13-10-18)11-4-14-31-20-6-7-21-22(28)17-24(32-25(21)16-20)19-5-8-23(29-2)26(15-19)30-3/h5-8,15-18H,4,9-14H2,1-3H3. The van der Waals surface area contributed by atoms with Gasteiger partial charge in [-0.25, -0.2) is 0 Å². The molecule has 4 rings (SSSR count). The van der Waals surface area contributed by atoms with Crippen molar-refractivity contribution in [2.24, 2.45) is 5.92 Å². The number of benzene rings is 2. The van der Waals surface area contributed by atoms with Gasteiger partial charge in [0.25, 0.3) is 0 Å². The first kappa shape index (κ1) is 22.2. The van der Waals surface area contributed by atoms with Gasteiger partial charge in [0.15, 0.2) is 16.9 Å². The molecule has 0 bridgehead atoms. The van der Waals surface area contributed by atoms with E-state index in [0.717, 1.165) is 24.4 Å². The van der Waals surface area contributed by atoms with E-state index in [-0.39, 0.29) is 5.43 Å². The van der Waals surface area contributed by atoms with Crippen molar-refractivity contribution >= 4 is 11.0 Å². The molecule has 170 valence electrons. The molecule has 2 aromatic carbocycles. The third kappa shape index (κ3) is 5.07. The van der Waals surface area contributed by atoms with E-state index in [0.29, 0.717) is 40.6 Å². The molecule has 2 heterocycles. The van der Waals surface area contributed by atoms with E-state index in [9.17, 15) is 4.79 Å². The van der Waals surface area contributed by atoms with Gasteiger partial charge in [-0.1, -0.05) is 6.92 Å². The predicted octanol–water partition coefficient (Wildman–Crippen LogP) is 4.98. The summed E-state index contributed by atoms with van der Waals surface area (Å²) in [5, 5.41) is 0.531. The van der Waals surface area contributed by atoms with Gasteiger partial charge in [-0.15, -0.1) is 0 Å². The van der Waals surface area contributed by atoms with Crippen LogP contribution in [0.15, 0.2) is 51.7 Å². The monoisotopic (exact) mass is 437 g/mol. The first-order chi connectivity index (χ1) is 15.6. The maximum atomic E-state index is 12.7. The van der Waals surface area contributed by atoms with E-state index in [1.807, 2.05) is 12.1 Å². The molecule has 0 radical (unpaired) electrons. The second-order valence-corrected chi connectivity index (χ2v) is 8.43. The smallest absolute Gasteiger partial charge is 0.193 e. The second-order valence-electron chi connectivity index (χ2n) is 8.43. The molecule has 1 aromatic heterocycles. The van der Waals surface area contributed by atoms with Crippen LogP contribution >= 0.6 is 0 Å². The normalized spacial score (nSPS) is 15.1. The molecule has 0 saturated carbocycles. The molecular weight excluding hydrogens is 406 g/mol. The van der Waals surface area contributed by atoms with Crippen LogP contribution in [0, 0.1) is 5.92 Å². The summed E-state index contributed by atoms with van der Waals surface area (Å²) in [6.07, 6.45) is 3.54. The fourth-order valence-electron chi connectivity index (χ4n) is 4.12. The number of likely N-dealkylation sites (tertiary alicyclic amines) is 1. The molecule has 6 heteroatoms. The van der Waals surface area contributed by atoms with E-state index in [2.05, 4.69) is 11.8 Å². The highest BCUT2D eigenvalue weighted by atomic mass is 16.5. The Morgan fingerprint density at radius 3 is 2.53 bits per heavy atom. The maximum absolute atomic E-state index is 12.7. The highest BCUT2D eigenvalue weighted by Crippen LogP contribution is 2.33. The highest BCUT2D eigenvalue weighted by Gasteiger charge is 2.15. The molecule has 0 aliphatic carbocycles. The molecular formula is C26H31NO5. The summed E-state index contributed by atoms with van der Waals surface area (Å²) in [5.74, 6) is 3.22. The van der Waals surface area contributed by atoms with Gasteiger partial charge in [-0.3, -0.25) is 4.79 Å². The molecule has 0 atom stereocenters. The quantitative estimate of drug-likeness (QED) is 0.463. The summed E-state index contributed by atoms with van der Waals surface area (Å²) < 4.78 is 22.7. The van der Waals surface area contributed by atoms with Gasteiger partial charge in [0.2, 0.25) is 0 Å². The van der Waals surface area contributed by atoms with Crippen LogP contribution in [-0.4, -0.2) is 45.4 Å². The molecule has 1 aliphatic rings. The molecule has 1 saturated heterocycles. The lowest BCUT2D eigenvalue weighted by Gasteiger charge is -2.30. The Bertz CT molecular complexity index is 1110. The van der Waals surface area contributed by atoms with E-state index >= 15 is 0 Å². The number of rotatable bonds is 8. The van der Waals surface area contributed by atoms with E-state index in [4.69, 9.17) is 18.6 Å². The highest BCUT2D eigenvalue weighted by molar-refractivity contribution is 5.80. The van der Waals surface area contributed by atoms with Crippen molar-refractivity contribution < 1.29 is 18.6 Å². The minimum Gasteiger partial charge on any atom is -0.493 e. The van der Waals surface area contributed by atoms with Crippen LogP contribution in [0.2, 0.25) is 0 Å². The zero-order valence-corrected chi connectivity index (χ0v) is 19.1. The van der Waals surface area contributed by atoms with Gasteiger partial charge in [0.1, 0.15) is 17.1 Å². The van der Waals surface area contributed by atoms with Crippen LogP contribution in [0.4, 0.5) is 0 Å². The van der Waals surface area contributed by atoms with Crippen molar-refractivity contribution in [2.45, 2.75) is 26.2 Å². The molecule has 0 N–H and O–H groups in total. The fourth-order valence-corrected chi connectivity index (χ4v) is 4.12. The van der Waals surface area contributed by atoms with Crippen molar-refractivity contribution in [1.82, 2.24) is 4.90 Å². The molecule has 32 heavy (non-hydrogen) atoms. The topological polar surface area (TPSA) is 61.1 Å². The Morgan fingerprint density at radius 1 is 1.00 bits per heavy atom. The predicted molar refractivity (Wildman–Crippen MR) is 126 cm³/mol. The summed E-state index contributed by atoms with van der Waals surface area (Å²) in [5.41, 5.74) is 1.15. The van der Waals surface area contributed by atoms with Crippen LogP contribution in [-0.2, 0) is 0 Å². The number of ether oxygens (including phenoxy) is 3. The van der Waals surface area contributed by atoms with Gasteiger partial charge in [-0.05, 0) is 68.6 Å². The Morgan fingerprint density at radius 2 is 1.78 bits per heavy atom. The van der Waals surface area contributed by atoms with E-state index < -0.39 is 0 Å². The molecule has 0 spiro atoms. The average molecular weight is 438 g/mol. The van der Waals surface area contributed by atoms with Crippen LogP contribution in [0.25, 0.3) is 22.3 Å². The van der Waals surface area contributed by atoms with Crippen LogP contribution < -0.4 is 19.6 Å². The zero-order chi connectivity index (χ0) is 22.5. The van der Waals surface area contributed by atoms with Gasteiger partial charge in [0, 0.05) is 24.2 Å². The lowest BCUT2D eigenvalue weighted by atomic mass is 9.99. The molecule has 0 amide bonds. The van der Waals surface area contributed by atoms with Gasteiger partial charge in [-0.2, -0.15) is 0 Å². The molecule has 3 aromatic rings. The van der Waals surface area contributed by atoms with Crippen molar-refractivity contribution in [3.8, 4) is 28.6 Å². The molecule has 1 fully saturated rings. The number of hydrogen-bond acceptors (Lipinski definition) is 6. The number of methoxy groups -OCH3 is 2. The second kappa shape index (κ2) is 10.1. The Labute approximate surface area is 188 Å². The Balaban J connectivity index is 1.47. The number of piperidine rings is 1. The number of fused-ring (bicyclic) bond motifs is 1. The average Bonchev–Trinajstić information content (AvgIpc) is 2.82. The third-order valence-electron chi connectivity index (χ3n) is 6.13. The fraction of sp³-hybridized carbons (Fsp3) is 0.423. The lowest BCUT2D eigenvalue weighted by molar-refractivity contribution is 0.177. The summed E-state index contributed by atoms with van der Waals surface area (Å²) >= 11 is 0. The van der Waals surface area contributed by atoms with Crippen LogP contribution in [0.1, 0.15) is 26.2 Å². The molecule has 6 nitrogen and oxygen atoms in total. The third-order valence-corrected chi connectivity index (χ3v) is 6.13. The minimum absolute atomic E-state index is 0.0955. The molecule has 1 aliphatic heterocycles. The largest absolute Gasteiger partial charge is 0.493 e. The lowest BCUT2D eigenvalue weighted by Crippen LogP contribution is -2.34. The van der Waals surface area contributed by atoms with Crippen LogP contribution in [0.3, 0.4) is 0 Å². The van der Waals surface area contributed by atoms with E-state index in [1.54, 1.807) is 38.5 Å². The number of hydrogen-bond donors (Lipinski definition) is 0.